The van der Waals surface area contributed by atoms with Crippen molar-refractivity contribution in [2.75, 3.05) is 5.32 Å². The van der Waals surface area contributed by atoms with E-state index in [1.807, 2.05) is 6.92 Å². The molecule has 1 fully saturated rings. The van der Waals surface area contributed by atoms with Gasteiger partial charge in [0.1, 0.15) is 12.1 Å². The molecule has 3 aromatic heterocycles. The van der Waals surface area contributed by atoms with Crippen LogP contribution in [0.2, 0.25) is 0 Å². The van der Waals surface area contributed by atoms with E-state index in [0.29, 0.717) is 23.6 Å². The Labute approximate surface area is 139 Å². The first-order valence-electron chi connectivity index (χ1n) is 8.46. The smallest absolute Gasteiger partial charge is 0.254 e. The molecule has 0 bridgehead atoms. The van der Waals surface area contributed by atoms with E-state index in [9.17, 15) is 0 Å². The number of fused-ring (bicyclic) bond motifs is 1. The summed E-state index contributed by atoms with van der Waals surface area (Å²) in [5, 5.41) is 15.9. The van der Waals surface area contributed by atoms with Crippen molar-refractivity contribution in [1.82, 2.24) is 29.8 Å². The first-order valence-corrected chi connectivity index (χ1v) is 8.46. The SMILES string of the molecule is CCc1cc(N[C@H]2CC[C@@H](Cc3nnc(C)o3)C2)n2ncnc2n1. The molecule has 1 aliphatic rings. The molecule has 8 heteroatoms. The summed E-state index contributed by atoms with van der Waals surface area (Å²) in [4.78, 5) is 8.69. The molecule has 0 radical (unpaired) electrons. The van der Waals surface area contributed by atoms with Gasteiger partial charge in [-0.1, -0.05) is 6.92 Å². The third kappa shape index (κ3) is 2.95. The van der Waals surface area contributed by atoms with Gasteiger partial charge >= 0.3 is 0 Å². The van der Waals surface area contributed by atoms with Crippen LogP contribution in [0.3, 0.4) is 0 Å². The molecule has 8 nitrogen and oxygen atoms in total. The molecule has 0 unspecified atom stereocenters. The molecule has 1 saturated carbocycles. The van der Waals surface area contributed by atoms with E-state index in [1.165, 1.54) is 0 Å². The fourth-order valence-corrected chi connectivity index (χ4v) is 3.41. The summed E-state index contributed by atoms with van der Waals surface area (Å²) >= 11 is 0. The molecule has 0 amide bonds. The number of aryl methyl sites for hydroxylation is 2. The summed E-state index contributed by atoms with van der Waals surface area (Å²) in [6.07, 6.45) is 6.64. The van der Waals surface area contributed by atoms with Gasteiger partial charge < -0.3 is 9.73 Å². The van der Waals surface area contributed by atoms with Crippen LogP contribution in [0.1, 0.15) is 43.7 Å². The molecule has 0 aliphatic heterocycles. The summed E-state index contributed by atoms with van der Waals surface area (Å²) < 4.78 is 7.27. The second-order valence-corrected chi connectivity index (χ2v) is 6.40. The molecule has 0 saturated heterocycles. The van der Waals surface area contributed by atoms with Gasteiger partial charge in [-0.3, -0.25) is 0 Å². The molecular weight excluding hydrogens is 306 g/mol. The van der Waals surface area contributed by atoms with Crippen molar-refractivity contribution in [3.05, 3.63) is 29.9 Å². The molecular formula is C16H21N7O. The van der Waals surface area contributed by atoms with Gasteiger partial charge in [0.2, 0.25) is 11.8 Å². The van der Waals surface area contributed by atoms with Crippen LogP contribution >= 0.6 is 0 Å². The van der Waals surface area contributed by atoms with Crippen molar-refractivity contribution in [2.24, 2.45) is 5.92 Å². The van der Waals surface area contributed by atoms with Crippen LogP contribution in [-0.2, 0) is 12.8 Å². The Morgan fingerprint density at radius 1 is 1.33 bits per heavy atom. The molecule has 126 valence electrons. The van der Waals surface area contributed by atoms with Crippen molar-refractivity contribution >= 4 is 11.6 Å². The van der Waals surface area contributed by atoms with Crippen LogP contribution in [-0.4, -0.2) is 35.8 Å². The van der Waals surface area contributed by atoms with E-state index in [4.69, 9.17) is 4.42 Å². The zero-order valence-electron chi connectivity index (χ0n) is 13.9. The lowest BCUT2D eigenvalue weighted by molar-refractivity contribution is 0.416. The Morgan fingerprint density at radius 3 is 3.04 bits per heavy atom. The summed E-state index contributed by atoms with van der Waals surface area (Å²) in [7, 11) is 0. The van der Waals surface area contributed by atoms with Crippen LogP contribution in [0.15, 0.2) is 16.8 Å². The van der Waals surface area contributed by atoms with Crippen LogP contribution in [0.25, 0.3) is 5.78 Å². The van der Waals surface area contributed by atoms with Gasteiger partial charge in [-0.2, -0.15) is 14.6 Å². The maximum atomic E-state index is 5.50. The van der Waals surface area contributed by atoms with Gasteiger partial charge in [0.15, 0.2) is 0 Å². The monoisotopic (exact) mass is 327 g/mol. The van der Waals surface area contributed by atoms with Crippen molar-refractivity contribution in [1.29, 1.82) is 0 Å². The van der Waals surface area contributed by atoms with Crippen LogP contribution in [0.4, 0.5) is 5.82 Å². The number of anilines is 1. The van der Waals surface area contributed by atoms with E-state index >= 15 is 0 Å². The quantitative estimate of drug-likeness (QED) is 0.767. The molecule has 1 N–H and O–H groups in total. The zero-order valence-corrected chi connectivity index (χ0v) is 13.9. The average molecular weight is 327 g/mol. The predicted octanol–water partition coefficient (Wildman–Crippen LogP) is 2.20. The number of aromatic nitrogens is 6. The Morgan fingerprint density at radius 2 is 2.25 bits per heavy atom. The minimum atomic E-state index is 0.415. The molecule has 3 heterocycles. The predicted molar refractivity (Wildman–Crippen MR) is 87.7 cm³/mol. The van der Waals surface area contributed by atoms with Crippen molar-refractivity contribution in [3.63, 3.8) is 0 Å². The van der Waals surface area contributed by atoms with Gasteiger partial charge in [0, 0.05) is 31.1 Å². The highest BCUT2D eigenvalue weighted by molar-refractivity contribution is 5.45. The second kappa shape index (κ2) is 6.18. The largest absolute Gasteiger partial charge is 0.426 e. The van der Waals surface area contributed by atoms with E-state index in [1.54, 1.807) is 10.8 Å². The van der Waals surface area contributed by atoms with E-state index < -0.39 is 0 Å². The molecule has 2 atom stereocenters. The first kappa shape index (κ1) is 15.0. The van der Waals surface area contributed by atoms with Crippen LogP contribution in [0.5, 0.6) is 0 Å². The van der Waals surface area contributed by atoms with Crippen LogP contribution < -0.4 is 5.32 Å². The maximum Gasteiger partial charge on any atom is 0.254 e. The lowest BCUT2D eigenvalue weighted by Gasteiger charge is -2.15. The number of hydrogen-bond donors (Lipinski definition) is 1. The zero-order chi connectivity index (χ0) is 16.5. The lowest BCUT2D eigenvalue weighted by Crippen LogP contribution is -2.19. The Kier molecular flexibility index (Phi) is 3.87. The summed E-state index contributed by atoms with van der Waals surface area (Å²) in [6.45, 7) is 3.92. The minimum Gasteiger partial charge on any atom is -0.426 e. The summed E-state index contributed by atoms with van der Waals surface area (Å²) in [5.41, 5.74) is 1.02. The maximum absolute atomic E-state index is 5.50. The summed E-state index contributed by atoms with van der Waals surface area (Å²) in [6, 6.07) is 2.48. The highest BCUT2D eigenvalue weighted by Gasteiger charge is 2.27. The van der Waals surface area contributed by atoms with Gasteiger partial charge in [0.05, 0.1) is 0 Å². The van der Waals surface area contributed by atoms with Crippen molar-refractivity contribution in [3.8, 4) is 0 Å². The fraction of sp³-hybridized carbons (Fsp3) is 0.562. The van der Waals surface area contributed by atoms with E-state index in [0.717, 1.165) is 49.5 Å². The number of nitrogens with one attached hydrogen (secondary N) is 1. The molecule has 1 aliphatic carbocycles. The fourth-order valence-electron chi connectivity index (χ4n) is 3.41. The Hall–Kier alpha value is -2.51. The average Bonchev–Trinajstić information content (AvgIpc) is 3.29. The third-order valence-electron chi connectivity index (χ3n) is 4.59. The first-order chi connectivity index (χ1) is 11.7. The van der Waals surface area contributed by atoms with E-state index in [-0.39, 0.29) is 0 Å². The minimum absolute atomic E-state index is 0.415. The Balaban J connectivity index is 1.45. The van der Waals surface area contributed by atoms with Gasteiger partial charge in [-0.25, -0.2) is 4.98 Å². The van der Waals surface area contributed by atoms with E-state index in [2.05, 4.69) is 43.6 Å². The topological polar surface area (TPSA) is 94.0 Å². The second-order valence-electron chi connectivity index (χ2n) is 6.40. The number of rotatable bonds is 5. The van der Waals surface area contributed by atoms with Gasteiger partial charge in [0.25, 0.3) is 5.78 Å². The molecule has 0 aromatic carbocycles. The molecule has 24 heavy (non-hydrogen) atoms. The van der Waals surface area contributed by atoms with Crippen molar-refractivity contribution < 1.29 is 4.42 Å². The number of nitrogens with zero attached hydrogens (tertiary/aromatic N) is 6. The third-order valence-corrected chi connectivity index (χ3v) is 4.59. The lowest BCUT2D eigenvalue weighted by atomic mass is 10.0. The van der Waals surface area contributed by atoms with Crippen molar-refractivity contribution in [2.45, 2.75) is 52.0 Å². The van der Waals surface area contributed by atoms with Crippen LogP contribution in [0, 0.1) is 12.8 Å². The number of hydrogen-bond acceptors (Lipinski definition) is 7. The highest BCUT2D eigenvalue weighted by atomic mass is 16.4. The Bertz CT molecular complexity index is 840. The standard InChI is InChI=1S/C16H21N7O/c1-3-12-8-14(23-16(20-12)17-9-18-23)19-13-5-4-11(6-13)7-15-22-21-10(2)24-15/h8-9,11,13,19H,3-7H2,1-2H3/t11-,13+/m1/s1. The van der Waals surface area contributed by atoms with Gasteiger partial charge in [-0.15, -0.1) is 10.2 Å². The highest BCUT2D eigenvalue weighted by Crippen LogP contribution is 2.30. The normalized spacial score (nSPS) is 20.8. The summed E-state index contributed by atoms with van der Waals surface area (Å²) in [5.74, 6) is 3.56. The van der Waals surface area contributed by atoms with Gasteiger partial charge in [-0.05, 0) is 31.6 Å². The molecule has 3 aromatic rings. The molecule has 4 rings (SSSR count). The molecule has 0 spiro atoms.